The molecule has 0 saturated carbocycles. The van der Waals surface area contributed by atoms with Crippen LogP contribution < -0.4 is 5.32 Å². The van der Waals surface area contributed by atoms with Crippen LogP contribution in [0.1, 0.15) is 12.8 Å². The summed E-state index contributed by atoms with van der Waals surface area (Å²) in [6.45, 7) is 0.923. The Morgan fingerprint density at radius 2 is 2.25 bits per heavy atom. The summed E-state index contributed by atoms with van der Waals surface area (Å²) in [4.78, 5) is 0. The van der Waals surface area contributed by atoms with Crippen molar-refractivity contribution in [1.82, 2.24) is 5.32 Å². The highest BCUT2D eigenvalue weighted by Gasteiger charge is 2.29. The molecule has 1 aliphatic rings. The van der Waals surface area contributed by atoms with Crippen molar-refractivity contribution in [1.29, 1.82) is 0 Å². The van der Waals surface area contributed by atoms with Crippen LogP contribution in [0.15, 0.2) is 0 Å². The minimum Gasteiger partial charge on any atom is -0.364 e. The van der Waals surface area contributed by atoms with Crippen molar-refractivity contribution in [3.63, 3.8) is 0 Å². The summed E-state index contributed by atoms with van der Waals surface area (Å²) in [6, 6.07) is 0.0867. The Morgan fingerprint density at radius 1 is 1.50 bits per heavy atom. The van der Waals surface area contributed by atoms with Crippen molar-refractivity contribution in [2.45, 2.75) is 25.1 Å². The molecule has 0 aromatic rings. The van der Waals surface area contributed by atoms with Crippen LogP contribution in [0.3, 0.4) is 0 Å². The lowest BCUT2D eigenvalue weighted by atomic mass is 10.2. The van der Waals surface area contributed by atoms with Crippen molar-refractivity contribution < 1.29 is 17.9 Å². The third kappa shape index (κ3) is 3.92. The van der Waals surface area contributed by atoms with E-state index in [0.29, 0.717) is 0 Å². The largest absolute Gasteiger partial charge is 0.417 e. The molecular weight excluding hydrogens is 171 g/mol. The summed E-state index contributed by atoms with van der Waals surface area (Å²) in [7, 11) is 0. The third-order valence-electron chi connectivity index (χ3n) is 1.68. The van der Waals surface area contributed by atoms with Crippen molar-refractivity contribution in [3.05, 3.63) is 6.61 Å². The molecule has 2 nitrogen and oxygen atoms in total. The molecule has 0 amide bonds. The Hall–Kier alpha value is -0.290. The smallest absolute Gasteiger partial charge is 0.364 e. The van der Waals surface area contributed by atoms with Crippen LogP contribution in [0.2, 0.25) is 0 Å². The van der Waals surface area contributed by atoms with Crippen LogP contribution in [0.4, 0.5) is 13.2 Å². The van der Waals surface area contributed by atoms with E-state index in [4.69, 9.17) is 0 Å². The monoisotopic (exact) mass is 182 g/mol. The van der Waals surface area contributed by atoms with Gasteiger partial charge in [0.25, 0.3) is 0 Å². The molecule has 0 aliphatic carbocycles. The normalized spacial score (nSPS) is 24.8. The van der Waals surface area contributed by atoms with Gasteiger partial charge in [0.15, 0.2) is 6.61 Å². The van der Waals surface area contributed by atoms with Gasteiger partial charge in [0, 0.05) is 6.04 Å². The molecule has 71 valence electrons. The molecule has 5 heteroatoms. The fourth-order valence-corrected chi connectivity index (χ4v) is 1.16. The maximum atomic E-state index is 11.5. The summed E-state index contributed by atoms with van der Waals surface area (Å²) < 4.78 is 39.0. The molecule has 0 bridgehead atoms. The van der Waals surface area contributed by atoms with E-state index in [9.17, 15) is 13.2 Å². The van der Waals surface area contributed by atoms with Gasteiger partial charge in [0.1, 0.15) is 0 Å². The highest BCUT2D eigenvalue weighted by atomic mass is 19.4. The number of halogens is 3. The fourth-order valence-electron chi connectivity index (χ4n) is 1.16. The number of rotatable bonds is 3. The molecule has 1 unspecified atom stereocenters. The van der Waals surface area contributed by atoms with Crippen LogP contribution in [-0.2, 0) is 4.74 Å². The van der Waals surface area contributed by atoms with Gasteiger partial charge in [0.2, 0.25) is 0 Å². The molecule has 0 aromatic heterocycles. The molecule has 1 N–H and O–H groups in total. The SMILES string of the molecule is FC(F)(F)[CH]OCC1CCCN1. The third-order valence-corrected chi connectivity index (χ3v) is 1.68. The van der Waals surface area contributed by atoms with Gasteiger partial charge in [-0.2, -0.15) is 13.2 Å². The summed E-state index contributed by atoms with van der Waals surface area (Å²) in [5.41, 5.74) is 0. The van der Waals surface area contributed by atoms with E-state index in [2.05, 4.69) is 10.1 Å². The number of alkyl halides is 3. The molecule has 1 heterocycles. The first-order chi connectivity index (χ1) is 5.58. The van der Waals surface area contributed by atoms with Crippen LogP contribution in [0.5, 0.6) is 0 Å². The molecule has 0 spiro atoms. The van der Waals surface area contributed by atoms with Crippen molar-refractivity contribution in [2.75, 3.05) is 13.2 Å². The van der Waals surface area contributed by atoms with E-state index in [1.807, 2.05) is 0 Å². The molecule has 1 atom stereocenters. The van der Waals surface area contributed by atoms with Gasteiger partial charge in [-0.05, 0) is 19.4 Å². The summed E-state index contributed by atoms with van der Waals surface area (Å²) in [6.07, 6.45) is -2.41. The molecular formula is C7H11F3NO. The average molecular weight is 182 g/mol. The quantitative estimate of drug-likeness (QED) is 0.713. The van der Waals surface area contributed by atoms with Gasteiger partial charge in [-0.1, -0.05) is 0 Å². The lowest BCUT2D eigenvalue weighted by molar-refractivity contribution is -0.138. The fraction of sp³-hybridized carbons (Fsp3) is 0.857. The van der Waals surface area contributed by atoms with E-state index in [1.165, 1.54) is 0 Å². The Bertz CT molecular complexity index is 131. The predicted molar refractivity (Wildman–Crippen MR) is 37.3 cm³/mol. The zero-order chi connectivity index (χ0) is 9.03. The molecule has 1 radical (unpaired) electrons. The Balaban J connectivity index is 2.02. The zero-order valence-electron chi connectivity index (χ0n) is 6.53. The van der Waals surface area contributed by atoms with Gasteiger partial charge in [0.05, 0.1) is 6.61 Å². The van der Waals surface area contributed by atoms with Gasteiger partial charge in [-0.15, -0.1) is 0 Å². The minimum atomic E-state index is -4.32. The molecule has 1 aliphatic heterocycles. The van der Waals surface area contributed by atoms with Crippen LogP contribution in [0, 0.1) is 6.61 Å². The molecule has 1 rings (SSSR count). The topological polar surface area (TPSA) is 21.3 Å². The Kier molecular flexibility index (Phi) is 3.34. The lowest BCUT2D eigenvalue weighted by Crippen LogP contribution is -2.27. The van der Waals surface area contributed by atoms with Crippen LogP contribution >= 0.6 is 0 Å². The van der Waals surface area contributed by atoms with Gasteiger partial charge in [-0.25, -0.2) is 0 Å². The van der Waals surface area contributed by atoms with Crippen molar-refractivity contribution >= 4 is 0 Å². The molecule has 1 fully saturated rings. The Labute approximate surface area is 69.1 Å². The van der Waals surface area contributed by atoms with Crippen LogP contribution in [0.25, 0.3) is 0 Å². The van der Waals surface area contributed by atoms with Crippen LogP contribution in [-0.4, -0.2) is 25.4 Å². The number of hydrogen-bond acceptors (Lipinski definition) is 2. The lowest BCUT2D eigenvalue weighted by Gasteiger charge is -2.11. The van der Waals surface area contributed by atoms with Gasteiger partial charge in [-0.3, -0.25) is 0 Å². The second kappa shape index (κ2) is 4.09. The number of ether oxygens (including phenoxy) is 1. The minimum absolute atomic E-state index is 0.0625. The number of hydrogen-bond donors (Lipinski definition) is 1. The Morgan fingerprint density at radius 3 is 2.75 bits per heavy atom. The first-order valence-corrected chi connectivity index (χ1v) is 3.84. The standard InChI is InChI=1S/C7H11F3NO/c8-7(9,10)5-12-4-6-2-1-3-11-6/h5-6,11H,1-4H2. The molecule has 0 aromatic carbocycles. The number of nitrogens with one attached hydrogen (secondary N) is 1. The predicted octanol–water partition coefficient (Wildman–Crippen LogP) is 1.48. The highest BCUT2D eigenvalue weighted by Crippen LogP contribution is 2.19. The molecule has 12 heavy (non-hydrogen) atoms. The average Bonchev–Trinajstić information content (AvgIpc) is 2.36. The molecule has 1 saturated heterocycles. The highest BCUT2D eigenvalue weighted by molar-refractivity contribution is 4.74. The van der Waals surface area contributed by atoms with E-state index in [0.717, 1.165) is 19.4 Å². The van der Waals surface area contributed by atoms with Crippen molar-refractivity contribution in [2.24, 2.45) is 0 Å². The van der Waals surface area contributed by atoms with E-state index >= 15 is 0 Å². The summed E-state index contributed by atoms with van der Waals surface area (Å²) in [5.74, 6) is 0. The van der Waals surface area contributed by atoms with E-state index in [-0.39, 0.29) is 19.3 Å². The second-order valence-corrected chi connectivity index (χ2v) is 2.79. The van der Waals surface area contributed by atoms with E-state index in [1.54, 1.807) is 0 Å². The van der Waals surface area contributed by atoms with Crippen molar-refractivity contribution in [3.8, 4) is 0 Å². The first kappa shape index (κ1) is 9.80. The summed E-state index contributed by atoms with van der Waals surface area (Å²) >= 11 is 0. The maximum Gasteiger partial charge on any atom is 0.417 e. The first-order valence-electron chi connectivity index (χ1n) is 3.84. The second-order valence-electron chi connectivity index (χ2n) is 2.79. The van der Waals surface area contributed by atoms with Gasteiger partial charge < -0.3 is 10.1 Å². The maximum absolute atomic E-state index is 11.5. The zero-order valence-corrected chi connectivity index (χ0v) is 6.53. The summed E-state index contributed by atoms with van der Waals surface area (Å²) in [5, 5.41) is 3.03. The van der Waals surface area contributed by atoms with Gasteiger partial charge >= 0.3 is 6.18 Å². The van der Waals surface area contributed by atoms with E-state index < -0.39 is 6.18 Å².